The van der Waals surface area contributed by atoms with Crippen LogP contribution in [0.15, 0.2) is 48.5 Å². The topological polar surface area (TPSA) is 66.5 Å². The number of thiocarbonyl (C=S) groups is 1. The SMILES string of the molecule is COC(=O)CCc1c(C(N)=S)n(-c2ccccc2)c2ccc(OC)cc12. The van der Waals surface area contributed by atoms with Gasteiger partial charge in [0.15, 0.2) is 0 Å². The highest BCUT2D eigenvalue weighted by molar-refractivity contribution is 7.80. The van der Waals surface area contributed by atoms with Gasteiger partial charge in [0, 0.05) is 17.5 Å². The van der Waals surface area contributed by atoms with Crippen molar-refractivity contribution in [2.75, 3.05) is 14.2 Å². The van der Waals surface area contributed by atoms with Crippen molar-refractivity contribution in [3.8, 4) is 11.4 Å². The number of rotatable bonds is 6. The summed E-state index contributed by atoms with van der Waals surface area (Å²) in [5.41, 5.74) is 9.65. The van der Waals surface area contributed by atoms with Crippen molar-refractivity contribution in [3.05, 3.63) is 59.8 Å². The maximum Gasteiger partial charge on any atom is 0.305 e. The number of methoxy groups -OCH3 is 2. The number of aryl methyl sites for hydroxylation is 1. The molecule has 0 bridgehead atoms. The number of aromatic nitrogens is 1. The molecule has 0 saturated heterocycles. The second-order valence-corrected chi connectivity index (χ2v) is 6.26. The second kappa shape index (κ2) is 7.58. The van der Waals surface area contributed by atoms with Crippen molar-refractivity contribution in [3.63, 3.8) is 0 Å². The summed E-state index contributed by atoms with van der Waals surface area (Å²) in [5, 5.41) is 0.958. The molecular weight excluding hydrogens is 348 g/mol. The summed E-state index contributed by atoms with van der Waals surface area (Å²) in [6.07, 6.45) is 0.722. The summed E-state index contributed by atoms with van der Waals surface area (Å²) < 4.78 is 12.2. The second-order valence-electron chi connectivity index (χ2n) is 5.82. The molecule has 2 N–H and O–H groups in total. The van der Waals surface area contributed by atoms with Crippen LogP contribution in [-0.2, 0) is 16.0 Å². The summed E-state index contributed by atoms with van der Waals surface area (Å²) in [7, 11) is 3.01. The molecule has 1 aromatic heterocycles. The van der Waals surface area contributed by atoms with E-state index in [4.69, 9.17) is 27.4 Å². The normalized spacial score (nSPS) is 10.7. The minimum atomic E-state index is -0.276. The summed E-state index contributed by atoms with van der Waals surface area (Å²) in [4.78, 5) is 12.0. The highest BCUT2D eigenvalue weighted by atomic mass is 32.1. The fourth-order valence-corrected chi connectivity index (χ4v) is 3.36. The Balaban J connectivity index is 2.29. The monoisotopic (exact) mass is 368 g/mol. The first-order chi connectivity index (χ1) is 12.6. The van der Waals surface area contributed by atoms with Crippen LogP contribution in [0.3, 0.4) is 0 Å². The summed E-state index contributed by atoms with van der Waals surface area (Å²) in [6.45, 7) is 0. The van der Waals surface area contributed by atoms with Gasteiger partial charge in [0.05, 0.1) is 25.4 Å². The Bertz CT molecular complexity index is 964. The third kappa shape index (κ3) is 3.28. The first-order valence-electron chi connectivity index (χ1n) is 8.20. The molecule has 0 aliphatic rings. The van der Waals surface area contributed by atoms with Crippen LogP contribution >= 0.6 is 12.2 Å². The lowest BCUT2D eigenvalue weighted by atomic mass is 10.0. The molecule has 2 aromatic carbocycles. The number of benzene rings is 2. The molecular formula is C20H20N2O3S. The number of carbonyl (C=O) groups is 1. The smallest absolute Gasteiger partial charge is 0.305 e. The Kier molecular flexibility index (Phi) is 5.23. The van der Waals surface area contributed by atoms with Crippen molar-refractivity contribution in [2.45, 2.75) is 12.8 Å². The molecule has 0 unspecified atom stereocenters. The number of hydrogen-bond donors (Lipinski definition) is 1. The number of hydrogen-bond acceptors (Lipinski definition) is 4. The highest BCUT2D eigenvalue weighted by Gasteiger charge is 2.21. The third-order valence-electron chi connectivity index (χ3n) is 4.33. The molecule has 3 rings (SSSR count). The van der Waals surface area contributed by atoms with E-state index in [1.807, 2.05) is 53.1 Å². The van der Waals surface area contributed by atoms with Crippen molar-refractivity contribution < 1.29 is 14.3 Å². The lowest BCUT2D eigenvalue weighted by Gasteiger charge is -2.11. The number of esters is 1. The van der Waals surface area contributed by atoms with Crippen LogP contribution in [0, 0.1) is 0 Å². The predicted molar refractivity (Wildman–Crippen MR) is 106 cm³/mol. The summed E-state index contributed by atoms with van der Waals surface area (Å²) in [5.74, 6) is 0.457. The van der Waals surface area contributed by atoms with E-state index in [1.165, 1.54) is 7.11 Å². The summed E-state index contributed by atoms with van der Waals surface area (Å²) in [6, 6.07) is 15.7. The molecule has 3 aromatic rings. The molecule has 0 atom stereocenters. The van der Waals surface area contributed by atoms with Crippen LogP contribution in [0.5, 0.6) is 5.75 Å². The molecule has 0 aliphatic carbocycles. The molecule has 0 spiro atoms. The van der Waals surface area contributed by atoms with Gasteiger partial charge in [-0.3, -0.25) is 4.79 Å². The molecule has 0 fully saturated rings. The van der Waals surface area contributed by atoms with Gasteiger partial charge >= 0.3 is 5.97 Å². The number of nitrogens with zero attached hydrogens (tertiary/aromatic N) is 1. The van der Waals surface area contributed by atoms with Gasteiger partial charge in [-0.15, -0.1) is 0 Å². The van der Waals surface area contributed by atoms with Crippen molar-refractivity contribution in [1.29, 1.82) is 0 Å². The number of carbonyl (C=O) groups excluding carboxylic acids is 1. The van der Waals surface area contributed by atoms with E-state index in [0.29, 0.717) is 6.42 Å². The maximum atomic E-state index is 11.7. The van der Waals surface area contributed by atoms with Gasteiger partial charge in [-0.2, -0.15) is 0 Å². The zero-order valence-electron chi connectivity index (χ0n) is 14.7. The van der Waals surface area contributed by atoms with Crippen LogP contribution in [0.2, 0.25) is 0 Å². The van der Waals surface area contributed by atoms with E-state index in [2.05, 4.69) is 0 Å². The zero-order chi connectivity index (χ0) is 18.7. The van der Waals surface area contributed by atoms with Gasteiger partial charge in [0.2, 0.25) is 0 Å². The van der Waals surface area contributed by atoms with Crippen LogP contribution in [-0.4, -0.2) is 29.7 Å². The highest BCUT2D eigenvalue weighted by Crippen LogP contribution is 2.33. The van der Waals surface area contributed by atoms with Crippen molar-refractivity contribution in [1.82, 2.24) is 4.57 Å². The molecule has 0 amide bonds. The maximum absolute atomic E-state index is 11.7. The Morgan fingerprint density at radius 2 is 1.88 bits per heavy atom. The largest absolute Gasteiger partial charge is 0.497 e. The van der Waals surface area contributed by atoms with Gasteiger partial charge in [-0.1, -0.05) is 30.4 Å². The number of ether oxygens (including phenoxy) is 2. The minimum Gasteiger partial charge on any atom is -0.497 e. The standard InChI is InChI=1S/C20H20N2O3S/c1-24-14-8-10-17-16(12-14)15(9-11-18(23)25-2)19(20(21)26)22(17)13-6-4-3-5-7-13/h3-8,10,12H,9,11H2,1-2H3,(H2,21,26). The molecule has 0 radical (unpaired) electrons. The number of nitrogens with two attached hydrogens (primary N) is 1. The van der Waals surface area contributed by atoms with Gasteiger partial charge in [0.25, 0.3) is 0 Å². The lowest BCUT2D eigenvalue weighted by Crippen LogP contribution is -2.17. The predicted octanol–water partition coefficient (Wildman–Crippen LogP) is 3.38. The molecule has 6 heteroatoms. The Morgan fingerprint density at radius 3 is 2.50 bits per heavy atom. The molecule has 0 aliphatic heterocycles. The van der Waals surface area contributed by atoms with E-state index in [1.54, 1.807) is 7.11 Å². The fourth-order valence-electron chi connectivity index (χ4n) is 3.15. The van der Waals surface area contributed by atoms with E-state index in [0.717, 1.165) is 33.6 Å². The van der Waals surface area contributed by atoms with Crippen LogP contribution in [0.1, 0.15) is 17.7 Å². The van der Waals surface area contributed by atoms with Gasteiger partial charge in [0.1, 0.15) is 10.7 Å². The van der Waals surface area contributed by atoms with E-state index in [-0.39, 0.29) is 17.4 Å². The van der Waals surface area contributed by atoms with E-state index in [9.17, 15) is 4.79 Å². The minimum absolute atomic E-state index is 0.247. The van der Waals surface area contributed by atoms with Crippen LogP contribution in [0.4, 0.5) is 0 Å². The molecule has 26 heavy (non-hydrogen) atoms. The molecule has 0 saturated carbocycles. The number of fused-ring (bicyclic) bond motifs is 1. The Hall–Kier alpha value is -2.86. The average molecular weight is 368 g/mol. The molecule has 134 valence electrons. The van der Waals surface area contributed by atoms with Crippen molar-refractivity contribution in [2.24, 2.45) is 5.73 Å². The summed E-state index contributed by atoms with van der Waals surface area (Å²) >= 11 is 5.36. The van der Waals surface area contributed by atoms with Crippen LogP contribution < -0.4 is 10.5 Å². The lowest BCUT2D eigenvalue weighted by molar-refractivity contribution is -0.140. The Morgan fingerprint density at radius 1 is 1.15 bits per heavy atom. The van der Waals surface area contributed by atoms with E-state index >= 15 is 0 Å². The van der Waals surface area contributed by atoms with Gasteiger partial charge in [-0.05, 0) is 42.3 Å². The zero-order valence-corrected chi connectivity index (χ0v) is 15.5. The first-order valence-corrected chi connectivity index (χ1v) is 8.61. The quantitative estimate of drug-likeness (QED) is 0.534. The van der Waals surface area contributed by atoms with Gasteiger partial charge < -0.3 is 19.8 Å². The Labute approximate surface area is 157 Å². The van der Waals surface area contributed by atoms with Crippen LogP contribution in [0.25, 0.3) is 16.6 Å². The van der Waals surface area contributed by atoms with Crippen molar-refractivity contribution >= 4 is 34.1 Å². The number of para-hydroxylation sites is 1. The third-order valence-corrected chi connectivity index (χ3v) is 4.53. The average Bonchev–Trinajstić information content (AvgIpc) is 3.00. The van der Waals surface area contributed by atoms with Gasteiger partial charge in [-0.25, -0.2) is 0 Å². The molecule has 1 heterocycles. The first kappa shape index (κ1) is 17.9. The fraction of sp³-hybridized carbons (Fsp3) is 0.200. The van der Waals surface area contributed by atoms with E-state index < -0.39 is 0 Å². The molecule has 5 nitrogen and oxygen atoms in total.